The van der Waals surface area contributed by atoms with Crippen LogP contribution in [0.3, 0.4) is 0 Å². The van der Waals surface area contributed by atoms with E-state index in [0.29, 0.717) is 0 Å². The van der Waals surface area contributed by atoms with Crippen LogP contribution in [0.4, 0.5) is 0 Å². The van der Waals surface area contributed by atoms with Gasteiger partial charge in [-0.2, -0.15) is 26.0 Å². The van der Waals surface area contributed by atoms with E-state index in [2.05, 4.69) is 48.6 Å². The van der Waals surface area contributed by atoms with Crippen molar-refractivity contribution in [2.24, 2.45) is 0 Å². The third-order valence-corrected chi connectivity index (χ3v) is 3.50. The summed E-state index contributed by atoms with van der Waals surface area (Å²) in [5, 5.41) is 0. The van der Waals surface area contributed by atoms with Gasteiger partial charge in [-0.15, -0.1) is 29.7 Å². The van der Waals surface area contributed by atoms with Crippen LogP contribution in [0.1, 0.15) is 31.4 Å². The molecule has 138 valence electrons. The molecule has 1 nitrogen and oxygen atoms in total. The van der Waals surface area contributed by atoms with E-state index in [4.69, 9.17) is 4.74 Å². The van der Waals surface area contributed by atoms with Crippen molar-refractivity contribution in [2.75, 3.05) is 7.11 Å². The van der Waals surface area contributed by atoms with Gasteiger partial charge in [0.1, 0.15) is 0 Å². The number of methoxy groups -OCH3 is 1. The summed E-state index contributed by atoms with van der Waals surface area (Å²) in [6.07, 6.45) is 13.0. The number of hydrogen-bond donors (Lipinski definition) is 0. The van der Waals surface area contributed by atoms with E-state index in [1.165, 1.54) is 22.3 Å². The second kappa shape index (κ2) is 15.3. The molecule has 0 atom stereocenters. The quantitative estimate of drug-likeness (QED) is 0.445. The molecule has 0 spiro atoms. The fourth-order valence-corrected chi connectivity index (χ4v) is 2.48. The Bertz CT molecular complexity index is 686. The van der Waals surface area contributed by atoms with Crippen LogP contribution >= 0.6 is 0 Å². The number of halogens is 2. The normalized spacial score (nSPS) is 11.0. The van der Waals surface area contributed by atoms with E-state index in [0.717, 1.165) is 18.6 Å². The zero-order valence-corrected chi connectivity index (χ0v) is 19.3. The van der Waals surface area contributed by atoms with Gasteiger partial charge in [-0.05, 0) is 6.42 Å². The Labute approximate surface area is 189 Å². The molecule has 0 saturated heterocycles. The van der Waals surface area contributed by atoms with Gasteiger partial charge < -0.3 is 36.0 Å². The zero-order valence-electron chi connectivity index (χ0n) is 15.4. The van der Waals surface area contributed by atoms with Crippen molar-refractivity contribution >= 4 is 0 Å². The molecule has 0 unspecified atom stereocenters. The molecular weight excluding hydrogens is 442 g/mol. The van der Waals surface area contributed by atoms with Gasteiger partial charge in [0.15, 0.2) is 0 Å². The Morgan fingerprint density at radius 3 is 2.31 bits per heavy atom. The minimum absolute atomic E-state index is 0. The molecule has 0 bridgehead atoms. The van der Waals surface area contributed by atoms with E-state index >= 15 is 0 Å². The maximum absolute atomic E-state index is 5.22. The minimum atomic E-state index is 0. The van der Waals surface area contributed by atoms with Crippen molar-refractivity contribution in [1.82, 2.24) is 0 Å². The molecule has 4 heteroatoms. The molecule has 2 aromatic rings. The number of benzene rings is 2. The van der Waals surface area contributed by atoms with E-state index in [9.17, 15) is 0 Å². The summed E-state index contributed by atoms with van der Waals surface area (Å²) in [5.74, 6) is 0.880. The molecule has 0 N–H and O–H groups in total. The third-order valence-electron chi connectivity index (χ3n) is 3.50. The molecule has 2 aromatic carbocycles. The molecule has 2 aliphatic carbocycles. The average Bonchev–Trinajstić information content (AvgIpc) is 3.26. The summed E-state index contributed by atoms with van der Waals surface area (Å²) >= 11 is 0. The number of hydrogen-bond acceptors (Lipinski definition) is 1. The number of ether oxygens (including phenoxy) is 1. The van der Waals surface area contributed by atoms with Crippen molar-refractivity contribution in [1.29, 1.82) is 0 Å². The van der Waals surface area contributed by atoms with Gasteiger partial charge in [0.2, 0.25) is 0 Å². The molecule has 2 aliphatic rings. The molecule has 0 amide bonds. The Morgan fingerprint density at radius 1 is 1.08 bits per heavy atom. The first-order valence-corrected chi connectivity index (χ1v) is 7.92. The Balaban J connectivity index is 0. The zero-order chi connectivity index (χ0) is 16.5. The minimum Gasteiger partial charge on any atom is -1.00 e. The maximum Gasteiger partial charge on any atom is 2.00 e. The first kappa shape index (κ1) is 27.4. The molecule has 4 rings (SSSR count). The second-order valence-electron chi connectivity index (χ2n) is 5.35. The number of fused-ring (bicyclic) bond motifs is 3. The number of rotatable bonds is 1. The van der Waals surface area contributed by atoms with Gasteiger partial charge in [0.05, 0.1) is 7.11 Å². The molecular formula is C22H23Cl2OZr-3. The molecule has 26 heavy (non-hydrogen) atoms. The second-order valence-corrected chi connectivity index (χ2v) is 5.35. The summed E-state index contributed by atoms with van der Waals surface area (Å²) in [5.41, 5.74) is 5.25. The van der Waals surface area contributed by atoms with Crippen LogP contribution < -0.4 is 29.6 Å². The van der Waals surface area contributed by atoms with Gasteiger partial charge in [-0.25, -0.2) is 12.2 Å². The monoisotopic (exact) mass is 463 g/mol. The van der Waals surface area contributed by atoms with Crippen molar-refractivity contribution < 1.29 is 55.8 Å². The largest absolute Gasteiger partial charge is 2.00 e. The van der Waals surface area contributed by atoms with Gasteiger partial charge in [-0.3, -0.25) is 6.08 Å². The molecule has 0 aromatic heterocycles. The predicted molar refractivity (Wildman–Crippen MR) is 97.3 cm³/mol. The smallest absolute Gasteiger partial charge is 1.00 e. The summed E-state index contributed by atoms with van der Waals surface area (Å²) in [7, 11) is 1.69. The fraction of sp³-hybridized carbons (Fsp3) is 0.227. The molecule has 0 aliphatic heterocycles. The molecule has 0 fully saturated rings. The molecule has 0 radical (unpaired) electrons. The van der Waals surface area contributed by atoms with Gasteiger partial charge in [-0.1, -0.05) is 35.4 Å². The standard InChI is InChI=1S/C14H11O.C5H5.C3H7.2ClH.Zr/c1-15-12-7-6-11-8-10-4-2-3-5-13(10)14(11)9-12;1-2-4-5-3-1;1-3-2;;;/h2-5,7,9H,8H2,1H3;1-3H,4H2;3H,1-2H3;2*1H;/q3*-1;;;+2/p-2. The van der Waals surface area contributed by atoms with Crippen LogP contribution in [0.25, 0.3) is 11.1 Å². The van der Waals surface area contributed by atoms with Crippen LogP contribution in [0.5, 0.6) is 5.75 Å². The van der Waals surface area contributed by atoms with Crippen LogP contribution in [-0.2, 0) is 32.6 Å². The fourth-order valence-electron chi connectivity index (χ4n) is 2.48. The van der Waals surface area contributed by atoms with Crippen LogP contribution in [-0.4, -0.2) is 7.11 Å². The van der Waals surface area contributed by atoms with Crippen LogP contribution in [0.15, 0.2) is 54.6 Å². The first-order chi connectivity index (χ1) is 11.3. The summed E-state index contributed by atoms with van der Waals surface area (Å²) < 4.78 is 5.22. The van der Waals surface area contributed by atoms with Crippen molar-refractivity contribution in [3.05, 3.63) is 84.3 Å². The maximum atomic E-state index is 5.22. The third kappa shape index (κ3) is 7.82. The first-order valence-electron chi connectivity index (χ1n) is 7.92. The topological polar surface area (TPSA) is 9.23 Å². The van der Waals surface area contributed by atoms with Crippen molar-refractivity contribution in [2.45, 2.75) is 26.7 Å². The van der Waals surface area contributed by atoms with Gasteiger partial charge in [0, 0.05) is 5.75 Å². The van der Waals surface area contributed by atoms with E-state index in [1.807, 2.05) is 38.5 Å². The Kier molecular flexibility index (Phi) is 16.1. The molecule has 0 saturated carbocycles. The molecule has 0 heterocycles. The van der Waals surface area contributed by atoms with Crippen LogP contribution in [0, 0.1) is 18.6 Å². The van der Waals surface area contributed by atoms with E-state index in [1.54, 1.807) is 7.11 Å². The van der Waals surface area contributed by atoms with Gasteiger partial charge >= 0.3 is 26.2 Å². The predicted octanol–water partition coefficient (Wildman–Crippen LogP) is -0.392. The Morgan fingerprint density at radius 2 is 1.77 bits per heavy atom. The number of allylic oxidation sites excluding steroid dienone is 4. The van der Waals surface area contributed by atoms with Crippen molar-refractivity contribution in [3.63, 3.8) is 0 Å². The summed E-state index contributed by atoms with van der Waals surface area (Å²) in [6.45, 7) is 4.00. The SMILES string of the molecule is COc1c[c-]c2c(c1)-c1ccccc1C2.C[CH-]C.[C-]1=CC=CC1.[Cl-].[Cl-].[Zr+2]. The van der Waals surface area contributed by atoms with E-state index < -0.39 is 0 Å². The summed E-state index contributed by atoms with van der Waals surface area (Å²) in [6, 6.07) is 15.8. The van der Waals surface area contributed by atoms with Crippen molar-refractivity contribution in [3.8, 4) is 16.9 Å². The van der Waals surface area contributed by atoms with E-state index in [-0.39, 0.29) is 51.0 Å². The average molecular weight is 466 g/mol. The summed E-state index contributed by atoms with van der Waals surface area (Å²) in [4.78, 5) is 0. The Hall–Kier alpha value is -0.817. The van der Waals surface area contributed by atoms with Gasteiger partial charge in [0.25, 0.3) is 0 Å². The van der Waals surface area contributed by atoms with Crippen LogP contribution in [0.2, 0.25) is 0 Å².